The Morgan fingerprint density at radius 3 is 2.71 bits per heavy atom. The van der Waals surface area contributed by atoms with Gasteiger partial charge in [-0.05, 0) is 18.6 Å². The van der Waals surface area contributed by atoms with Crippen molar-refractivity contribution in [3.05, 3.63) is 24.4 Å². The van der Waals surface area contributed by atoms with Crippen LogP contribution >= 0.6 is 0 Å². The van der Waals surface area contributed by atoms with Gasteiger partial charge in [-0.1, -0.05) is 26.3 Å². The largest absolute Gasteiger partial charge is 0.371 e. The van der Waals surface area contributed by atoms with Gasteiger partial charge in [0.1, 0.15) is 5.65 Å². The summed E-state index contributed by atoms with van der Waals surface area (Å²) in [5.41, 5.74) is 0.618. The van der Waals surface area contributed by atoms with E-state index >= 15 is 0 Å². The molecule has 0 aromatic carbocycles. The number of hydrogen-bond acceptors (Lipinski definition) is 4. The van der Waals surface area contributed by atoms with Crippen LogP contribution < -0.4 is 5.32 Å². The summed E-state index contributed by atoms with van der Waals surface area (Å²) in [6, 6.07) is 5.44. The lowest BCUT2D eigenvalue weighted by Gasteiger charge is -2.20. The first-order valence-corrected chi connectivity index (χ1v) is 8.65. The quantitative estimate of drug-likeness (QED) is 0.851. The van der Waals surface area contributed by atoms with E-state index in [9.17, 15) is 8.42 Å². The van der Waals surface area contributed by atoms with Gasteiger partial charge in [-0.2, -0.15) is 4.31 Å². The SMILES string of the molecule is CCCCN(CC)S(=O)(=O)c1c(NC)nc2ccccn12. The summed E-state index contributed by atoms with van der Waals surface area (Å²) in [5.74, 6) is 0.385. The molecule has 6 nitrogen and oxygen atoms in total. The summed E-state index contributed by atoms with van der Waals surface area (Å²) in [4.78, 5) is 4.34. The molecule has 116 valence electrons. The van der Waals surface area contributed by atoms with Crippen LogP contribution in [-0.2, 0) is 10.0 Å². The van der Waals surface area contributed by atoms with Crippen molar-refractivity contribution in [2.24, 2.45) is 0 Å². The van der Waals surface area contributed by atoms with Gasteiger partial charge in [0, 0.05) is 26.3 Å². The van der Waals surface area contributed by atoms with E-state index in [4.69, 9.17) is 0 Å². The molecule has 1 N–H and O–H groups in total. The molecule has 0 bridgehead atoms. The molecule has 0 atom stereocenters. The van der Waals surface area contributed by atoms with Crippen LogP contribution in [0.4, 0.5) is 5.82 Å². The van der Waals surface area contributed by atoms with E-state index in [2.05, 4.69) is 10.3 Å². The van der Waals surface area contributed by atoms with Crippen LogP contribution in [0.15, 0.2) is 29.4 Å². The highest BCUT2D eigenvalue weighted by molar-refractivity contribution is 7.89. The predicted octanol–water partition coefficient (Wildman–Crippen LogP) is 2.19. The first-order valence-electron chi connectivity index (χ1n) is 7.21. The molecule has 0 saturated heterocycles. The average molecular weight is 310 g/mol. The Labute approximate surface area is 125 Å². The smallest absolute Gasteiger partial charge is 0.262 e. The number of hydrogen-bond donors (Lipinski definition) is 1. The van der Waals surface area contributed by atoms with Crippen molar-refractivity contribution >= 4 is 21.5 Å². The number of rotatable bonds is 7. The number of unbranched alkanes of at least 4 members (excludes halogenated alkanes) is 1. The maximum Gasteiger partial charge on any atom is 0.262 e. The topological polar surface area (TPSA) is 66.7 Å². The molecule has 0 amide bonds. The lowest BCUT2D eigenvalue weighted by molar-refractivity contribution is 0.416. The molecule has 7 heteroatoms. The molecule has 0 saturated carbocycles. The highest BCUT2D eigenvalue weighted by Gasteiger charge is 2.30. The molecular weight excluding hydrogens is 288 g/mol. The fourth-order valence-corrected chi connectivity index (χ4v) is 4.04. The second-order valence-electron chi connectivity index (χ2n) is 4.79. The number of anilines is 1. The van der Waals surface area contributed by atoms with E-state index in [0.29, 0.717) is 24.6 Å². The first kappa shape index (κ1) is 15.8. The number of aromatic nitrogens is 2. The van der Waals surface area contributed by atoms with Gasteiger partial charge in [0.15, 0.2) is 10.8 Å². The zero-order valence-corrected chi connectivity index (χ0v) is 13.5. The molecule has 0 spiro atoms. The van der Waals surface area contributed by atoms with Crippen LogP contribution in [0, 0.1) is 0 Å². The second kappa shape index (κ2) is 6.44. The van der Waals surface area contributed by atoms with Gasteiger partial charge in [0.05, 0.1) is 0 Å². The molecule has 2 aromatic heterocycles. The molecule has 2 heterocycles. The fourth-order valence-electron chi connectivity index (χ4n) is 2.29. The minimum absolute atomic E-state index is 0.207. The first-order chi connectivity index (χ1) is 10.1. The van der Waals surface area contributed by atoms with Crippen molar-refractivity contribution in [2.45, 2.75) is 31.7 Å². The maximum atomic E-state index is 12.9. The zero-order valence-electron chi connectivity index (χ0n) is 12.7. The Balaban J connectivity index is 2.57. The van der Waals surface area contributed by atoms with Gasteiger partial charge in [-0.15, -0.1) is 0 Å². The van der Waals surface area contributed by atoms with Crippen molar-refractivity contribution < 1.29 is 8.42 Å². The summed E-state index contributed by atoms with van der Waals surface area (Å²) in [5, 5.41) is 3.10. The van der Waals surface area contributed by atoms with Crippen molar-refractivity contribution in [3.63, 3.8) is 0 Å². The van der Waals surface area contributed by atoms with E-state index in [1.807, 2.05) is 19.9 Å². The standard InChI is InChI=1S/C14H22N4O2S/c1-4-6-10-17(5-2)21(19,20)14-13(15-3)16-12-9-7-8-11-18(12)14/h7-9,11,15H,4-6,10H2,1-3H3. The van der Waals surface area contributed by atoms with Gasteiger partial charge in [-0.25, -0.2) is 13.4 Å². The summed E-state index contributed by atoms with van der Waals surface area (Å²) in [6.45, 7) is 4.88. The van der Waals surface area contributed by atoms with Gasteiger partial charge >= 0.3 is 0 Å². The van der Waals surface area contributed by atoms with E-state index in [-0.39, 0.29) is 5.03 Å². The van der Waals surface area contributed by atoms with Gasteiger partial charge in [0.2, 0.25) is 0 Å². The molecule has 0 unspecified atom stereocenters. The monoisotopic (exact) mass is 310 g/mol. The Morgan fingerprint density at radius 1 is 1.33 bits per heavy atom. The number of imidazole rings is 1. The van der Waals surface area contributed by atoms with Crippen LogP contribution in [0.1, 0.15) is 26.7 Å². The zero-order chi connectivity index (χ0) is 15.5. The number of nitrogens with zero attached hydrogens (tertiary/aromatic N) is 3. The summed E-state index contributed by atoms with van der Waals surface area (Å²) in [7, 11) is -1.89. The van der Waals surface area contributed by atoms with Gasteiger partial charge in [-0.3, -0.25) is 4.40 Å². The maximum absolute atomic E-state index is 12.9. The minimum atomic E-state index is -3.58. The minimum Gasteiger partial charge on any atom is -0.371 e. The van der Waals surface area contributed by atoms with Crippen molar-refractivity contribution in [3.8, 4) is 0 Å². The van der Waals surface area contributed by atoms with Crippen molar-refractivity contribution in [1.82, 2.24) is 13.7 Å². The van der Waals surface area contributed by atoms with E-state index < -0.39 is 10.0 Å². The highest BCUT2D eigenvalue weighted by Crippen LogP contribution is 2.25. The fraction of sp³-hybridized carbons (Fsp3) is 0.500. The van der Waals surface area contributed by atoms with E-state index in [1.165, 1.54) is 4.31 Å². The lowest BCUT2D eigenvalue weighted by atomic mass is 10.3. The third-order valence-corrected chi connectivity index (χ3v) is 5.42. The van der Waals surface area contributed by atoms with Gasteiger partial charge in [0.25, 0.3) is 10.0 Å². The second-order valence-corrected chi connectivity index (χ2v) is 6.65. The molecule has 21 heavy (non-hydrogen) atoms. The summed E-state index contributed by atoms with van der Waals surface area (Å²) >= 11 is 0. The number of nitrogens with one attached hydrogen (secondary N) is 1. The Hall–Kier alpha value is -1.60. The Bertz CT molecular complexity index is 709. The van der Waals surface area contributed by atoms with Gasteiger partial charge < -0.3 is 5.32 Å². The predicted molar refractivity (Wildman–Crippen MR) is 84.1 cm³/mol. The Morgan fingerprint density at radius 2 is 2.10 bits per heavy atom. The highest BCUT2D eigenvalue weighted by atomic mass is 32.2. The van der Waals surface area contributed by atoms with E-state index in [0.717, 1.165) is 12.8 Å². The normalized spacial score (nSPS) is 12.2. The van der Waals surface area contributed by atoms with Crippen LogP contribution in [0.2, 0.25) is 0 Å². The molecule has 2 rings (SSSR count). The van der Waals surface area contributed by atoms with Crippen LogP contribution in [-0.4, -0.2) is 42.2 Å². The third-order valence-electron chi connectivity index (χ3n) is 3.42. The molecule has 2 aromatic rings. The summed E-state index contributed by atoms with van der Waals surface area (Å²) in [6.07, 6.45) is 3.53. The van der Waals surface area contributed by atoms with Crippen LogP contribution in [0.3, 0.4) is 0 Å². The van der Waals surface area contributed by atoms with Crippen LogP contribution in [0.5, 0.6) is 0 Å². The number of fused-ring (bicyclic) bond motifs is 1. The number of pyridine rings is 1. The third kappa shape index (κ3) is 2.89. The molecular formula is C14H22N4O2S. The van der Waals surface area contributed by atoms with Crippen molar-refractivity contribution in [2.75, 3.05) is 25.5 Å². The molecule has 0 radical (unpaired) electrons. The summed E-state index contributed by atoms with van der Waals surface area (Å²) < 4.78 is 29.0. The van der Waals surface area contributed by atoms with E-state index in [1.54, 1.807) is 29.8 Å². The number of sulfonamides is 1. The molecule has 0 fully saturated rings. The lowest BCUT2D eigenvalue weighted by Crippen LogP contribution is -2.33. The van der Waals surface area contributed by atoms with Crippen molar-refractivity contribution in [1.29, 1.82) is 0 Å². The molecule has 0 aliphatic rings. The average Bonchev–Trinajstić information content (AvgIpc) is 2.87. The van der Waals surface area contributed by atoms with Crippen LogP contribution in [0.25, 0.3) is 5.65 Å². The molecule has 0 aliphatic carbocycles. The molecule has 0 aliphatic heterocycles. The Kier molecular flexibility index (Phi) is 4.84.